The van der Waals surface area contributed by atoms with Gasteiger partial charge in [-0.05, 0) is 32.5 Å². The van der Waals surface area contributed by atoms with Crippen molar-refractivity contribution in [2.24, 2.45) is 0 Å². The van der Waals surface area contributed by atoms with Crippen molar-refractivity contribution in [1.29, 1.82) is 0 Å². The molecule has 4 heteroatoms. The summed E-state index contributed by atoms with van der Waals surface area (Å²) in [4.78, 5) is 12.6. The predicted octanol–water partition coefficient (Wildman–Crippen LogP) is 1.56. The molecule has 0 amide bonds. The molecule has 0 atom stereocenters. The summed E-state index contributed by atoms with van der Waals surface area (Å²) in [6, 6.07) is 0. The quantitative estimate of drug-likeness (QED) is 0.529. The maximum absolute atomic E-state index is 10.3. The third-order valence-electron chi connectivity index (χ3n) is 2.74. The van der Waals surface area contributed by atoms with Gasteiger partial charge in [0.25, 0.3) is 0 Å². The molecule has 4 nitrogen and oxygen atoms in total. The Balaban J connectivity index is 3.12. The standard InChI is InChI=1S/C12H26N2O2/c1-3-14(4-2)11-10-13-9-7-5-6-8-12(15)16/h13H,3-11H2,1-2H3,(H,15,16). The first-order valence-corrected chi connectivity index (χ1v) is 6.35. The molecular formula is C12H26N2O2. The third-order valence-corrected chi connectivity index (χ3v) is 2.74. The molecule has 16 heavy (non-hydrogen) atoms. The fourth-order valence-corrected chi connectivity index (χ4v) is 1.61. The van der Waals surface area contributed by atoms with E-state index in [9.17, 15) is 4.79 Å². The van der Waals surface area contributed by atoms with Gasteiger partial charge < -0.3 is 15.3 Å². The highest BCUT2D eigenvalue weighted by molar-refractivity contribution is 5.66. The number of nitrogens with zero attached hydrogens (tertiary/aromatic N) is 1. The van der Waals surface area contributed by atoms with Gasteiger partial charge in [-0.3, -0.25) is 4.79 Å². The van der Waals surface area contributed by atoms with E-state index in [1.54, 1.807) is 0 Å². The van der Waals surface area contributed by atoms with E-state index in [4.69, 9.17) is 5.11 Å². The van der Waals surface area contributed by atoms with Crippen molar-refractivity contribution in [3.05, 3.63) is 0 Å². The number of rotatable bonds is 11. The molecule has 0 saturated heterocycles. The topological polar surface area (TPSA) is 52.6 Å². The van der Waals surface area contributed by atoms with Crippen molar-refractivity contribution in [2.75, 3.05) is 32.7 Å². The summed E-state index contributed by atoms with van der Waals surface area (Å²) in [6.45, 7) is 9.70. The minimum absolute atomic E-state index is 0.305. The molecule has 0 heterocycles. The van der Waals surface area contributed by atoms with E-state index in [2.05, 4.69) is 24.1 Å². The SMILES string of the molecule is CCN(CC)CCNCCCCCC(=O)O. The number of nitrogens with one attached hydrogen (secondary N) is 1. The van der Waals surface area contributed by atoms with E-state index in [-0.39, 0.29) is 0 Å². The molecule has 0 bridgehead atoms. The zero-order valence-electron chi connectivity index (χ0n) is 10.7. The van der Waals surface area contributed by atoms with Crippen LogP contribution in [0.3, 0.4) is 0 Å². The molecule has 0 rings (SSSR count). The smallest absolute Gasteiger partial charge is 0.303 e. The number of likely N-dealkylation sites (N-methyl/N-ethyl adjacent to an activating group) is 1. The summed E-state index contributed by atoms with van der Waals surface area (Å²) >= 11 is 0. The zero-order valence-corrected chi connectivity index (χ0v) is 10.7. The van der Waals surface area contributed by atoms with Crippen molar-refractivity contribution in [1.82, 2.24) is 10.2 Å². The zero-order chi connectivity index (χ0) is 12.2. The maximum atomic E-state index is 10.3. The minimum atomic E-state index is -0.686. The molecule has 0 unspecified atom stereocenters. The first-order valence-electron chi connectivity index (χ1n) is 6.35. The van der Waals surface area contributed by atoms with Crippen molar-refractivity contribution in [3.63, 3.8) is 0 Å². The summed E-state index contributed by atoms with van der Waals surface area (Å²) in [5.41, 5.74) is 0. The molecule has 0 saturated carbocycles. The molecule has 0 fully saturated rings. The summed E-state index contributed by atoms with van der Waals surface area (Å²) in [7, 11) is 0. The van der Waals surface area contributed by atoms with E-state index >= 15 is 0 Å². The number of hydrogen-bond donors (Lipinski definition) is 2. The number of carboxylic acid groups (broad SMARTS) is 1. The monoisotopic (exact) mass is 230 g/mol. The van der Waals surface area contributed by atoms with E-state index in [0.29, 0.717) is 6.42 Å². The van der Waals surface area contributed by atoms with Gasteiger partial charge in [-0.25, -0.2) is 0 Å². The number of carboxylic acids is 1. The van der Waals surface area contributed by atoms with Gasteiger partial charge in [0.15, 0.2) is 0 Å². The molecule has 0 aromatic rings. The minimum Gasteiger partial charge on any atom is -0.481 e. The van der Waals surface area contributed by atoms with Crippen molar-refractivity contribution < 1.29 is 9.90 Å². The fourth-order valence-electron chi connectivity index (χ4n) is 1.61. The summed E-state index contributed by atoms with van der Waals surface area (Å²) in [5.74, 6) is -0.686. The number of hydrogen-bond acceptors (Lipinski definition) is 3. The normalized spacial score (nSPS) is 10.9. The molecule has 0 aliphatic carbocycles. The van der Waals surface area contributed by atoms with Gasteiger partial charge in [-0.2, -0.15) is 0 Å². The second-order valence-corrected chi connectivity index (χ2v) is 3.98. The molecule has 0 aliphatic heterocycles. The van der Waals surface area contributed by atoms with Gasteiger partial charge in [0, 0.05) is 19.5 Å². The van der Waals surface area contributed by atoms with Crippen LogP contribution in [-0.2, 0) is 4.79 Å². The first kappa shape index (κ1) is 15.4. The Morgan fingerprint density at radius 2 is 1.81 bits per heavy atom. The molecule has 96 valence electrons. The Morgan fingerprint density at radius 3 is 2.38 bits per heavy atom. The number of aliphatic carboxylic acids is 1. The van der Waals surface area contributed by atoms with Crippen molar-refractivity contribution in [3.8, 4) is 0 Å². The van der Waals surface area contributed by atoms with E-state index in [0.717, 1.165) is 52.0 Å². The molecule has 0 aliphatic rings. The van der Waals surface area contributed by atoms with E-state index in [1.807, 2.05) is 0 Å². The van der Waals surface area contributed by atoms with E-state index in [1.165, 1.54) is 0 Å². The molecule has 0 aromatic heterocycles. The lowest BCUT2D eigenvalue weighted by atomic mass is 10.2. The largest absolute Gasteiger partial charge is 0.481 e. The van der Waals surface area contributed by atoms with Crippen molar-refractivity contribution in [2.45, 2.75) is 39.5 Å². The van der Waals surface area contributed by atoms with Crippen LogP contribution >= 0.6 is 0 Å². The Kier molecular flexibility index (Phi) is 10.5. The second-order valence-electron chi connectivity index (χ2n) is 3.98. The van der Waals surface area contributed by atoms with Crippen LogP contribution in [0.1, 0.15) is 39.5 Å². The van der Waals surface area contributed by atoms with Crippen LogP contribution in [0.2, 0.25) is 0 Å². The lowest BCUT2D eigenvalue weighted by Gasteiger charge is -2.17. The summed E-state index contributed by atoms with van der Waals surface area (Å²) in [6.07, 6.45) is 3.18. The average Bonchev–Trinajstić information content (AvgIpc) is 2.27. The predicted molar refractivity (Wildman–Crippen MR) is 66.8 cm³/mol. The van der Waals surface area contributed by atoms with Gasteiger partial charge in [0.05, 0.1) is 0 Å². The van der Waals surface area contributed by atoms with Crippen LogP contribution in [0.4, 0.5) is 0 Å². The van der Waals surface area contributed by atoms with Gasteiger partial charge in [0.1, 0.15) is 0 Å². The van der Waals surface area contributed by atoms with Crippen molar-refractivity contribution >= 4 is 5.97 Å². The van der Waals surface area contributed by atoms with Crippen LogP contribution in [0.25, 0.3) is 0 Å². The molecule has 0 aromatic carbocycles. The van der Waals surface area contributed by atoms with Crippen LogP contribution < -0.4 is 5.32 Å². The van der Waals surface area contributed by atoms with Gasteiger partial charge in [-0.15, -0.1) is 0 Å². The highest BCUT2D eigenvalue weighted by Gasteiger charge is 1.98. The number of carbonyl (C=O) groups is 1. The Morgan fingerprint density at radius 1 is 1.12 bits per heavy atom. The summed E-state index contributed by atoms with van der Waals surface area (Å²) < 4.78 is 0. The molecule has 0 spiro atoms. The first-order chi connectivity index (χ1) is 7.70. The van der Waals surface area contributed by atoms with Gasteiger partial charge in [0.2, 0.25) is 0 Å². The third kappa shape index (κ3) is 9.93. The summed E-state index contributed by atoms with van der Waals surface area (Å²) in [5, 5.41) is 11.8. The second kappa shape index (κ2) is 10.9. The molecular weight excluding hydrogens is 204 g/mol. The molecule has 2 N–H and O–H groups in total. The van der Waals surface area contributed by atoms with Crippen LogP contribution in [0, 0.1) is 0 Å². The Hall–Kier alpha value is -0.610. The Bertz CT molecular complexity index is 170. The lowest BCUT2D eigenvalue weighted by molar-refractivity contribution is -0.137. The lowest BCUT2D eigenvalue weighted by Crippen LogP contribution is -2.32. The highest BCUT2D eigenvalue weighted by Crippen LogP contribution is 1.98. The number of unbranched alkanes of at least 4 members (excludes halogenated alkanes) is 2. The fraction of sp³-hybridized carbons (Fsp3) is 0.917. The molecule has 0 radical (unpaired) electrons. The van der Waals surface area contributed by atoms with Crippen LogP contribution in [0.5, 0.6) is 0 Å². The van der Waals surface area contributed by atoms with Gasteiger partial charge >= 0.3 is 5.97 Å². The van der Waals surface area contributed by atoms with Crippen LogP contribution in [-0.4, -0.2) is 48.7 Å². The highest BCUT2D eigenvalue weighted by atomic mass is 16.4. The van der Waals surface area contributed by atoms with E-state index < -0.39 is 5.97 Å². The average molecular weight is 230 g/mol. The Labute approximate surface area is 99.0 Å². The maximum Gasteiger partial charge on any atom is 0.303 e. The van der Waals surface area contributed by atoms with Gasteiger partial charge in [-0.1, -0.05) is 20.3 Å². The van der Waals surface area contributed by atoms with Crippen LogP contribution in [0.15, 0.2) is 0 Å².